The van der Waals surface area contributed by atoms with E-state index < -0.39 is 0 Å². The van der Waals surface area contributed by atoms with Crippen molar-refractivity contribution < 1.29 is 19.0 Å². The highest BCUT2D eigenvalue weighted by atomic mass is 35.5. The predicted octanol–water partition coefficient (Wildman–Crippen LogP) is 9.27. The first-order chi connectivity index (χ1) is 26.3. The summed E-state index contributed by atoms with van der Waals surface area (Å²) in [5.41, 5.74) is 15.0. The van der Waals surface area contributed by atoms with Gasteiger partial charge in [-0.1, -0.05) is 46.5 Å². The predicted molar refractivity (Wildman–Crippen MR) is 216 cm³/mol. The largest absolute Gasteiger partial charge is 0.495 e. The number of benzene rings is 2. The van der Waals surface area contributed by atoms with Gasteiger partial charge in [-0.15, -0.1) is 0 Å². The highest BCUT2D eigenvalue weighted by Gasteiger charge is 2.28. The van der Waals surface area contributed by atoms with Crippen molar-refractivity contribution in [2.45, 2.75) is 58.3 Å². The lowest BCUT2D eigenvalue weighted by Gasteiger charge is -2.29. The van der Waals surface area contributed by atoms with E-state index in [-0.39, 0.29) is 6.09 Å². The van der Waals surface area contributed by atoms with Crippen LogP contribution in [0.25, 0.3) is 11.1 Å². The van der Waals surface area contributed by atoms with Crippen LogP contribution < -0.4 is 9.47 Å². The van der Waals surface area contributed by atoms with Gasteiger partial charge in [-0.05, 0) is 135 Å². The number of fused-ring (bicyclic) bond motifs is 4. The average molecular weight is 768 g/mol. The Bertz CT molecular complexity index is 2090. The second-order valence-electron chi connectivity index (χ2n) is 14.3. The number of ether oxygens (including phenoxy) is 3. The van der Waals surface area contributed by atoms with E-state index >= 15 is 0 Å². The number of likely N-dealkylation sites (tertiary alicyclic amines) is 2. The molecule has 2 aliphatic carbocycles. The number of nitrogens with zero attached hydrogens (tertiary/aromatic N) is 4. The number of pyridine rings is 2. The molecule has 0 radical (unpaired) electrons. The number of methoxy groups -OCH3 is 2. The van der Waals surface area contributed by atoms with Crippen LogP contribution in [0.4, 0.5) is 4.79 Å². The van der Waals surface area contributed by atoms with E-state index in [1.54, 1.807) is 25.3 Å². The molecule has 2 aromatic carbocycles. The first-order valence-electron chi connectivity index (χ1n) is 18.9. The monoisotopic (exact) mass is 766 g/mol. The number of aryl methyl sites for hydroxylation is 4. The van der Waals surface area contributed by atoms with Crippen molar-refractivity contribution in [1.82, 2.24) is 19.8 Å². The lowest BCUT2D eigenvalue weighted by atomic mass is 9.88. The Labute approximate surface area is 328 Å². The van der Waals surface area contributed by atoms with Gasteiger partial charge in [-0.3, -0.25) is 9.97 Å². The summed E-state index contributed by atoms with van der Waals surface area (Å²) in [7, 11) is 5.56. The van der Waals surface area contributed by atoms with Crippen molar-refractivity contribution in [2.75, 3.05) is 54.1 Å². The van der Waals surface area contributed by atoms with E-state index in [1.807, 2.05) is 25.3 Å². The highest BCUT2D eigenvalue weighted by molar-refractivity contribution is 6.31. The van der Waals surface area contributed by atoms with Gasteiger partial charge < -0.3 is 24.0 Å². The topological polar surface area (TPSA) is 77.0 Å². The van der Waals surface area contributed by atoms with Gasteiger partial charge in [-0.2, -0.15) is 0 Å². The highest BCUT2D eigenvalue weighted by Crippen LogP contribution is 2.41. The zero-order chi connectivity index (χ0) is 37.8. The molecule has 8 rings (SSSR count). The van der Waals surface area contributed by atoms with Crippen LogP contribution >= 0.6 is 23.2 Å². The van der Waals surface area contributed by atoms with Gasteiger partial charge in [-0.25, -0.2) is 4.79 Å². The second-order valence-corrected chi connectivity index (χ2v) is 15.2. The standard InChI is InChI=1S/C23H25ClN2O3.C21H23ClN2O/c1-3-29-23(27)26-10-8-15(9-11-26)21-20-7-6-18(24)12-16(20)4-5-17-13-19(28-2)14-25-22(17)21;1-24-9-7-14(8-10-24)20-19-6-5-17(22)11-15(19)3-4-16-12-18(25-2)13-23-21(16)20/h6-7,12-14H,3-5,8-11H2,1-2H3;5-6,11-13H,3-4,7-10H2,1-2H3. The molecule has 1 amide bonds. The summed E-state index contributed by atoms with van der Waals surface area (Å²) in [6.07, 6.45) is 10.9. The number of halogens is 2. The fraction of sp³-hybridized carbons (Fsp3) is 0.386. The molecule has 0 unspecified atom stereocenters. The summed E-state index contributed by atoms with van der Waals surface area (Å²) >= 11 is 12.6. The summed E-state index contributed by atoms with van der Waals surface area (Å²) in [5.74, 6) is 1.60. The third kappa shape index (κ3) is 8.16. The van der Waals surface area contributed by atoms with E-state index in [0.717, 1.165) is 97.4 Å². The Balaban J connectivity index is 0.000000168. The van der Waals surface area contributed by atoms with Crippen molar-refractivity contribution in [3.05, 3.63) is 127 Å². The Hall–Kier alpha value is -4.37. The summed E-state index contributed by atoms with van der Waals surface area (Å²) in [5, 5.41) is 1.56. The maximum atomic E-state index is 12.1. The van der Waals surface area contributed by atoms with Gasteiger partial charge in [0, 0.05) is 47.4 Å². The molecule has 10 heteroatoms. The maximum Gasteiger partial charge on any atom is 0.409 e. The molecule has 0 spiro atoms. The van der Waals surface area contributed by atoms with Crippen LogP contribution in [0.1, 0.15) is 77.4 Å². The van der Waals surface area contributed by atoms with E-state index in [1.165, 1.54) is 55.7 Å². The molecule has 54 heavy (non-hydrogen) atoms. The minimum atomic E-state index is -0.229. The lowest BCUT2D eigenvalue weighted by molar-refractivity contribution is 0.104. The summed E-state index contributed by atoms with van der Waals surface area (Å²) in [6, 6.07) is 16.7. The number of hydrogen-bond donors (Lipinski definition) is 0. The average Bonchev–Trinajstić information content (AvgIpc) is 3.45. The second kappa shape index (κ2) is 17.0. The Morgan fingerprint density at radius 2 is 1.09 bits per heavy atom. The summed E-state index contributed by atoms with van der Waals surface area (Å²) < 4.78 is 16.0. The molecule has 0 saturated carbocycles. The minimum absolute atomic E-state index is 0.229. The van der Waals surface area contributed by atoms with Crippen LogP contribution in [0.2, 0.25) is 10.0 Å². The number of amides is 1. The molecule has 2 saturated heterocycles. The van der Waals surface area contributed by atoms with E-state index in [4.69, 9.17) is 47.4 Å². The minimum Gasteiger partial charge on any atom is -0.495 e. The van der Waals surface area contributed by atoms with E-state index in [2.05, 4.69) is 48.3 Å². The van der Waals surface area contributed by atoms with Crippen LogP contribution in [0, 0.1) is 0 Å². The quantitative estimate of drug-likeness (QED) is 0.206. The number of carbonyl (C=O) groups excluding carboxylic acids is 1. The lowest BCUT2D eigenvalue weighted by Crippen LogP contribution is -2.37. The number of rotatable bonds is 3. The molecule has 2 aromatic heterocycles. The van der Waals surface area contributed by atoms with Crippen molar-refractivity contribution in [3.63, 3.8) is 0 Å². The fourth-order valence-electron chi connectivity index (χ4n) is 8.13. The molecule has 282 valence electrons. The Kier molecular flexibility index (Phi) is 11.9. The van der Waals surface area contributed by atoms with Crippen LogP contribution in [0.5, 0.6) is 11.5 Å². The SMILES string of the molecule is CCOC(=O)N1CCC(=C2c3ccc(Cl)cc3CCc3cc(OC)cnc32)CC1.COc1cnc2c(c1)CCc1cc(Cl)ccc1C2=C1CCN(C)CC1. The van der Waals surface area contributed by atoms with E-state index in [0.29, 0.717) is 19.7 Å². The zero-order valence-electron chi connectivity index (χ0n) is 31.6. The molecule has 2 aliphatic heterocycles. The molecule has 4 aliphatic rings. The number of aromatic nitrogens is 2. The van der Waals surface area contributed by atoms with E-state index in [9.17, 15) is 4.79 Å². The number of piperidine rings is 2. The van der Waals surface area contributed by atoms with Gasteiger partial charge in [0.25, 0.3) is 0 Å². The third-order valence-corrected chi connectivity index (χ3v) is 11.5. The van der Waals surface area contributed by atoms with Gasteiger partial charge in [0.05, 0.1) is 44.6 Å². The fourth-order valence-corrected chi connectivity index (χ4v) is 8.52. The Morgan fingerprint density at radius 3 is 1.54 bits per heavy atom. The zero-order valence-corrected chi connectivity index (χ0v) is 33.2. The smallest absolute Gasteiger partial charge is 0.409 e. The molecule has 4 aromatic rings. The number of hydrogen-bond acceptors (Lipinski definition) is 7. The van der Waals surface area contributed by atoms with Gasteiger partial charge in [0.2, 0.25) is 0 Å². The van der Waals surface area contributed by atoms with Crippen LogP contribution in [-0.4, -0.2) is 79.9 Å². The summed E-state index contributed by atoms with van der Waals surface area (Å²) in [4.78, 5) is 25.9. The molecule has 0 N–H and O–H groups in total. The Morgan fingerprint density at radius 1 is 0.648 bits per heavy atom. The van der Waals surface area contributed by atoms with Gasteiger partial charge in [0.15, 0.2) is 0 Å². The molecule has 0 bridgehead atoms. The molecular weight excluding hydrogens is 719 g/mol. The first-order valence-corrected chi connectivity index (χ1v) is 19.7. The van der Waals surface area contributed by atoms with Crippen molar-refractivity contribution >= 4 is 40.4 Å². The van der Waals surface area contributed by atoms with Crippen molar-refractivity contribution in [1.29, 1.82) is 0 Å². The summed E-state index contributed by atoms with van der Waals surface area (Å²) in [6.45, 7) is 5.76. The molecule has 0 atom stereocenters. The van der Waals surface area contributed by atoms with Crippen LogP contribution in [-0.2, 0) is 30.4 Å². The normalized spacial score (nSPS) is 16.8. The van der Waals surface area contributed by atoms with Gasteiger partial charge >= 0.3 is 6.09 Å². The molecule has 4 heterocycles. The molecule has 8 nitrogen and oxygen atoms in total. The first kappa shape index (κ1) is 37.9. The molecule has 2 fully saturated rings. The third-order valence-electron chi connectivity index (χ3n) is 11.0. The van der Waals surface area contributed by atoms with Crippen molar-refractivity contribution in [2.24, 2.45) is 0 Å². The maximum absolute atomic E-state index is 12.1. The van der Waals surface area contributed by atoms with Crippen LogP contribution in [0.15, 0.2) is 72.1 Å². The number of carbonyl (C=O) groups is 1. The van der Waals surface area contributed by atoms with Crippen LogP contribution in [0.3, 0.4) is 0 Å². The van der Waals surface area contributed by atoms with Gasteiger partial charge in [0.1, 0.15) is 11.5 Å². The van der Waals surface area contributed by atoms with Crippen molar-refractivity contribution in [3.8, 4) is 11.5 Å². The molecular formula is C44H48Cl2N4O4.